The molecule has 0 radical (unpaired) electrons. The highest BCUT2D eigenvalue weighted by molar-refractivity contribution is 7.98. The number of amides is 1. The first-order valence-corrected chi connectivity index (χ1v) is 11.1. The summed E-state index contributed by atoms with van der Waals surface area (Å²) in [5, 5.41) is 2.66. The van der Waals surface area contributed by atoms with E-state index in [4.69, 9.17) is 9.47 Å². The van der Waals surface area contributed by atoms with Crippen LogP contribution >= 0.6 is 11.8 Å². The van der Waals surface area contributed by atoms with Crippen LogP contribution in [0.1, 0.15) is 43.0 Å². The Morgan fingerprint density at radius 1 is 0.933 bits per heavy atom. The van der Waals surface area contributed by atoms with Crippen molar-refractivity contribution in [1.82, 2.24) is 5.32 Å². The molecule has 0 saturated heterocycles. The Balaban J connectivity index is 1.95. The predicted octanol–water partition coefficient (Wildman–Crippen LogP) is 5.17. The van der Waals surface area contributed by atoms with E-state index in [9.17, 15) is 9.59 Å². The van der Waals surface area contributed by atoms with Crippen LogP contribution < -0.4 is 5.32 Å². The molecule has 1 amide bonds. The second-order valence-corrected chi connectivity index (χ2v) is 9.32. The number of esters is 1. The van der Waals surface area contributed by atoms with Crippen molar-refractivity contribution in [3.05, 3.63) is 70.8 Å². The van der Waals surface area contributed by atoms with Crippen LogP contribution in [0, 0.1) is 13.8 Å². The summed E-state index contributed by atoms with van der Waals surface area (Å²) in [6, 6.07) is 15.2. The van der Waals surface area contributed by atoms with E-state index in [0.29, 0.717) is 5.75 Å². The second-order valence-electron chi connectivity index (χ2n) is 8.29. The van der Waals surface area contributed by atoms with Crippen molar-refractivity contribution >= 4 is 23.8 Å². The van der Waals surface area contributed by atoms with Gasteiger partial charge in [-0.1, -0.05) is 59.7 Å². The molecule has 0 heterocycles. The molecule has 0 fully saturated rings. The van der Waals surface area contributed by atoms with Crippen LogP contribution in [0.3, 0.4) is 0 Å². The summed E-state index contributed by atoms with van der Waals surface area (Å²) in [7, 11) is 0. The van der Waals surface area contributed by atoms with E-state index in [0.717, 1.165) is 22.4 Å². The van der Waals surface area contributed by atoms with Crippen LogP contribution in [-0.2, 0) is 26.6 Å². The molecule has 162 valence electrons. The van der Waals surface area contributed by atoms with Crippen LogP contribution in [0.15, 0.2) is 48.5 Å². The molecule has 0 aliphatic rings. The van der Waals surface area contributed by atoms with Crippen molar-refractivity contribution in [3.8, 4) is 0 Å². The molecule has 0 aromatic heterocycles. The standard InChI is InChI=1S/C24H31NO4S/c1-17-6-10-19(11-7-17)14-28-22(26)21(25-23(27)29-24(3,4)5)16-30-15-20-12-8-18(2)9-13-20/h6-13,21H,14-16H2,1-5H3,(H,25,27)/t21-/m1/s1. The average molecular weight is 430 g/mol. The fourth-order valence-corrected chi connectivity index (χ4v) is 3.54. The third-order valence-electron chi connectivity index (χ3n) is 4.15. The number of rotatable bonds is 8. The number of hydrogen-bond acceptors (Lipinski definition) is 5. The number of thioether (sulfide) groups is 1. The molecule has 0 bridgehead atoms. The van der Waals surface area contributed by atoms with Gasteiger partial charge in [-0.3, -0.25) is 0 Å². The summed E-state index contributed by atoms with van der Waals surface area (Å²) >= 11 is 1.56. The minimum absolute atomic E-state index is 0.161. The lowest BCUT2D eigenvalue weighted by Crippen LogP contribution is -2.45. The van der Waals surface area contributed by atoms with Gasteiger partial charge in [0.25, 0.3) is 0 Å². The lowest BCUT2D eigenvalue weighted by Gasteiger charge is -2.23. The number of nitrogens with one attached hydrogen (secondary N) is 1. The third-order valence-corrected chi connectivity index (χ3v) is 5.26. The molecule has 1 N–H and O–H groups in total. The van der Waals surface area contributed by atoms with Crippen LogP contribution in [0.4, 0.5) is 4.79 Å². The summed E-state index contributed by atoms with van der Waals surface area (Å²) in [6.07, 6.45) is -0.629. The molecule has 0 unspecified atom stereocenters. The van der Waals surface area contributed by atoms with E-state index < -0.39 is 23.7 Å². The number of benzene rings is 2. The van der Waals surface area contributed by atoms with Gasteiger partial charge in [0.05, 0.1) is 0 Å². The number of carbonyl (C=O) groups is 2. The van der Waals surface area contributed by atoms with Gasteiger partial charge >= 0.3 is 12.1 Å². The quantitative estimate of drug-likeness (QED) is 0.586. The highest BCUT2D eigenvalue weighted by Crippen LogP contribution is 2.16. The van der Waals surface area contributed by atoms with E-state index in [2.05, 4.69) is 29.6 Å². The SMILES string of the molecule is Cc1ccc(COC(=O)[C@@H](CSCc2ccc(C)cc2)NC(=O)OC(C)(C)C)cc1. The van der Waals surface area contributed by atoms with Crippen molar-refractivity contribution in [2.24, 2.45) is 0 Å². The molecule has 0 aliphatic heterocycles. The molecule has 2 aromatic rings. The molecule has 0 saturated carbocycles. The van der Waals surface area contributed by atoms with Gasteiger partial charge in [0.2, 0.25) is 0 Å². The van der Waals surface area contributed by atoms with Gasteiger partial charge in [0.15, 0.2) is 0 Å². The normalized spacial score (nSPS) is 12.2. The lowest BCUT2D eigenvalue weighted by atomic mass is 10.2. The fraction of sp³-hybridized carbons (Fsp3) is 0.417. The summed E-state index contributed by atoms with van der Waals surface area (Å²) in [6.45, 7) is 9.55. The Hall–Kier alpha value is -2.47. The maximum atomic E-state index is 12.7. The summed E-state index contributed by atoms with van der Waals surface area (Å²) in [5.74, 6) is 0.649. The first kappa shape index (κ1) is 23.8. The predicted molar refractivity (Wildman–Crippen MR) is 121 cm³/mol. The molecule has 0 spiro atoms. The molecule has 1 atom stereocenters. The van der Waals surface area contributed by atoms with E-state index in [1.165, 1.54) is 5.56 Å². The Morgan fingerprint density at radius 3 is 2.00 bits per heavy atom. The molecule has 30 heavy (non-hydrogen) atoms. The second kappa shape index (κ2) is 11.1. The highest BCUT2D eigenvalue weighted by atomic mass is 32.2. The molecule has 0 aliphatic carbocycles. The Labute approximate surface area is 183 Å². The maximum absolute atomic E-state index is 12.7. The Bertz CT molecular complexity index is 826. The van der Waals surface area contributed by atoms with Gasteiger partial charge in [0.1, 0.15) is 18.2 Å². The minimum Gasteiger partial charge on any atom is -0.459 e. The van der Waals surface area contributed by atoms with Gasteiger partial charge < -0.3 is 14.8 Å². The fourth-order valence-electron chi connectivity index (χ4n) is 2.54. The topological polar surface area (TPSA) is 64.6 Å². The molecule has 2 rings (SSSR count). The lowest BCUT2D eigenvalue weighted by molar-refractivity contribution is -0.146. The largest absolute Gasteiger partial charge is 0.459 e. The molecular formula is C24H31NO4S. The molecule has 2 aromatic carbocycles. The first-order valence-electron chi connectivity index (χ1n) is 9.97. The van der Waals surface area contributed by atoms with Gasteiger partial charge in [-0.25, -0.2) is 9.59 Å². The first-order chi connectivity index (χ1) is 14.1. The summed E-state index contributed by atoms with van der Waals surface area (Å²) in [4.78, 5) is 24.9. The van der Waals surface area contributed by atoms with Crippen LogP contribution in [0.5, 0.6) is 0 Å². The highest BCUT2D eigenvalue weighted by Gasteiger charge is 2.25. The van der Waals surface area contributed by atoms with Gasteiger partial charge in [-0.2, -0.15) is 11.8 Å². The van der Waals surface area contributed by atoms with Crippen molar-refractivity contribution < 1.29 is 19.1 Å². The number of ether oxygens (including phenoxy) is 2. The number of alkyl carbamates (subject to hydrolysis) is 1. The van der Waals surface area contributed by atoms with Crippen molar-refractivity contribution in [2.45, 2.75) is 58.6 Å². The maximum Gasteiger partial charge on any atom is 0.408 e. The summed E-state index contributed by atoms with van der Waals surface area (Å²) < 4.78 is 10.8. The smallest absolute Gasteiger partial charge is 0.408 e. The Morgan fingerprint density at radius 2 is 1.47 bits per heavy atom. The molecule has 6 heteroatoms. The zero-order chi connectivity index (χ0) is 22.1. The average Bonchev–Trinajstić information content (AvgIpc) is 2.66. The van der Waals surface area contributed by atoms with Crippen molar-refractivity contribution in [2.75, 3.05) is 5.75 Å². The van der Waals surface area contributed by atoms with E-state index in [-0.39, 0.29) is 6.61 Å². The van der Waals surface area contributed by atoms with E-state index in [1.54, 1.807) is 32.5 Å². The Kier molecular flexibility index (Phi) is 8.78. The zero-order valence-corrected chi connectivity index (χ0v) is 19.2. The van der Waals surface area contributed by atoms with Crippen LogP contribution in [0.2, 0.25) is 0 Å². The molecular weight excluding hydrogens is 398 g/mol. The molecule has 5 nitrogen and oxygen atoms in total. The van der Waals surface area contributed by atoms with Crippen LogP contribution in [-0.4, -0.2) is 29.5 Å². The van der Waals surface area contributed by atoms with E-state index in [1.807, 2.05) is 38.1 Å². The minimum atomic E-state index is -0.791. The monoisotopic (exact) mass is 429 g/mol. The third kappa shape index (κ3) is 8.91. The van der Waals surface area contributed by atoms with Gasteiger partial charge in [0, 0.05) is 11.5 Å². The van der Waals surface area contributed by atoms with Crippen molar-refractivity contribution in [3.63, 3.8) is 0 Å². The zero-order valence-electron chi connectivity index (χ0n) is 18.4. The van der Waals surface area contributed by atoms with E-state index >= 15 is 0 Å². The number of carbonyl (C=O) groups excluding carboxylic acids is 2. The van der Waals surface area contributed by atoms with Gasteiger partial charge in [-0.05, 0) is 45.7 Å². The number of aryl methyl sites for hydroxylation is 2. The van der Waals surface area contributed by atoms with Gasteiger partial charge in [-0.15, -0.1) is 0 Å². The number of hydrogen-bond donors (Lipinski definition) is 1. The van der Waals surface area contributed by atoms with Crippen molar-refractivity contribution in [1.29, 1.82) is 0 Å². The van der Waals surface area contributed by atoms with Crippen LogP contribution in [0.25, 0.3) is 0 Å². The summed E-state index contributed by atoms with van der Waals surface area (Å²) in [5.41, 5.74) is 3.76.